The van der Waals surface area contributed by atoms with E-state index in [4.69, 9.17) is 0 Å². The van der Waals surface area contributed by atoms with Gasteiger partial charge in [0.05, 0.1) is 6.61 Å². The standard InChI is InChI=1S/C9H20NO/c1-9(2)8-10(3)6-4-5-7-11/h9H,4-8H2,1-3H3. The molecule has 0 aliphatic heterocycles. The summed E-state index contributed by atoms with van der Waals surface area (Å²) in [5.41, 5.74) is 0. The number of hydrogen-bond acceptors (Lipinski definition) is 1. The predicted octanol–water partition coefficient (Wildman–Crippen LogP) is 1.78. The molecule has 0 amide bonds. The van der Waals surface area contributed by atoms with Gasteiger partial charge in [-0.2, -0.15) is 0 Å². The van der Waals surface area contributed by atoms with Gasteiger partial charge >= 0.3 is 0 Å². The van der Waals surface area contributed by atoms with E-state index in [0.29, 0.717) is 0 Å². The molecule has 0 bridgehead atoms. The van der Waals surface area contributed by atoms with Gasteiger partial charge in [0.15, 0.2) is 0 Å². The Hall–Kier alpha value is -0.0800. The largest absolute Gasteiger partial charge is 0.306 e. The molecule has 0 aromatic carbocycles. The van der Waals surface area contributed by atoms with Crippen molar-refractivity contribution in [3.8, 4) is 0 Å². The Morgan fingerprint density at radius 2 is 1.91 bits per heavy atom. The summed E-state index contributed by atoms with van der Waals surface area (Å²) in [4.78, 5) is 2.29. The van der Waals surface area contributed by atoms with Crippen molar-refractivity contribution < 1.29 is 5.11 Å². The molecule has 67 valence electrons. The molecule has 0 aromatic heterocycles. The van der Waals surface area contributed by atoms with Crippen LogP contribution in [0.1, 0.15) is 26.7 Å². The third kappa shape index (κ3) is 7.82. The van der Waals surface area contributed by atoms with E-state index in [2.05, 4.69) is 25.8 Å². The van der Waals surface area contributed by atoms with Crippen LogP contribution in [0, 0.1) is 5.92 Å². The van der Waals surface area contributed by atoms with Crippen LogP contribution < -0.4 is 0 Å². The molecule has 0 fully saturated rings. The average molecular weight is 158 g/mol. The van der Waals surface area contributed by atoms with Crippen LogP contribution in [0.25, 0.3) is 0 Å². The fraction of sp³-hybridized carbons (Fsp3) is 1.00. The molecule has 0 saturated heterocycles. The zero-order valence-electron chi connectivity index (χ0n) is 7.97. The Balaban J connectivity index is 3.15. The Labute approximate surface area is 70.2 Å². The minimum atomic E-state index is 0.0789. The molecule has 0 unspecified atom stereocenters. The van der Waals surface area contributed by atoms with E-state index in [1.807, 2.05) is 0 Å². The summed E-state index contributed by atoms with van der Waals surface area (Å²) < 4.78 is 0. The zero-order valence-corrected chi connectivity index (χ0v) is 7.97. The first-order chi connectivity index (χ1) is 5.16. The maximum Gasteiger partial charge on any atom is 0.0822 e. The molecule has 11 heavy (non-hydrogen) atoms. The summed E-state index contributed by atoms with van der Waals surface area (Å²) in [7, 11) is 2.12. The van der Waals surface area contributed by atoms with Gasteiger partial charge in [0.25, 0.3) is 0 Å². The molecule has 2 nitrogen and oxygen atoms in total. The molecule has 0 aliphatic rings. The summed E-state index contributed by atoms with van der Waals surface area (Å²) in [5, 5.41) is 10.1. The van der Waals surface area contributed by atoms with Gasteiger partial charge in [-0.15, -0.1) is 0 Å². The van der Waals surface area contributed by atoms with E-state index in [1.54, 1.807) is 0 Å². The van der Waals surface area contributed by atoms with Crippen molar-refractivity contribution in [1.29, 1.82) is 0 Å². The number of nitrogens with zero attached hydrogens (tertiary/aromatic N) is 1. The number of rotatable bonds is 6. The summed E-state index contributed by atoms with van der Waals surface area (Å²) in [6.45, 7) is 6.71. The summed E-state index contributed by atoms with van der Waals surface area (Å²) >= 11 is 0. The van der Waals surface area contributed by atoms with Crippen LogP contribution in [0.2, 0.25) is 0 Å². The minimum absolute atomic E-state index is 0.0789. The fourth-order valence-electron chi connectivity index (χ4n) is 1.20. The first kappa shape index (κ1) is 10.9. The molecule has 2 heteroatoms. The van der Waals surface area contributed by atoms with Crippen LogP contribution in [-0.4, -0.2) is 31.6 Å². The van der Waals surface area contributed by atoms with Crippen molar-refractivity contribution in [2.75, 3.05) is 26.7 Å². The van der Waals surface area contributed by atoms with Gasteiger partial charge in [0.1, 0.15) is 0 Å². The van der Waals surface area contributed by atoms with E-state index in [0.717, 1.165) is 31.8 Å². The molecule has 0 spiro atoms. The third-order valence-corrected chi connectivity index (χ3v) is 1.61. The molecule has 0 rings (SSSR count). The minimum Gasteiger partial charge on any atom is -0.306 e. The van der Waals surface area contributed by atoms with E-state index in [9.17, 15) is 5.11 Å². The first-order valence-corrected chi connectivity index (χ1v) is 4.43. The lowest BCUT2D eigenvalue weighted by Gasteiger charge is -2.18. The molecule has 0 atom stereocenters. The second kappa shape index (κ2) is 6.62. The summed E-state index contributed by atoms with van der Waals surface area (Å²) in [6.07, 6.45) is 1.87. The molecule has 0 heterocycles. The van der Waals surface area contributed by atoms with Crippen molar-refractivity contribution in [2.24, 2.45) is 5.92 Å². The Morgan fingerprint density at radius 3 is 2.36 bits per heavy atom. The van der Waals surface area contributed by atoms with Gasteiger partial charge in [-0.1, -0.05) is 13.8 Å². The van der Waals surface area contributed by atoms with Crippen molar-refractivity contribution >= 4 is 0 Å². The van der Waals surface area contributed by atoms with Crippen molar-refractivity contribution in [3.63, 3.8) is 0 Å². The second-order valence-corrected chi connectivity index (χ2v) is 3.57. The van der Waals surface area contributed by atoms with Gasteiger partial charge in [0, 0.05) is 6.54 Å². The highest BCUT2D eigenvalue weighted by molar-refractivity contribution is 4.54. The van der Waals surface area contributed by atoms with Gasteiger partial charge < -0.3 is 4.90 Å². The maximum absolute atomic E-state index is 10.1. The Morgan fingerprint density at radius 1 is 1.27 bits per heavy atom. The van der Waals surface area contributed by atoms with E-state index in [1.165, 1.54) is 0 Å². The van der Waals surface area contributed by atoms with Gasteiger partial charge in [-0.05, 0) is 32.4 Å². The van der Waals surface area contributed by atoms with Crippen LogP contribution in [0.5, 0.6) is 0 Å². The van der Waals surface area contributed by atoms with Crippen LogP contribution in [-0.2, 0) is 5.11 Å². The fourth-order valence-corrected chi connectivity index (χ4v) is 1.20. The molecular formula is C9H20NO. The third-order valence-electron chi connectivity index (χ3n) is 1.61. The quantitative estimate of drug-likeness (QED) is 0.540. The van der Waals surface area contributed by atoms with Gasteiger partial charge in [-0.25, -0.2) is 5.11 Å². The number of unbranched alkanes of at least 4 members (excludes halogenated alkanes) is 1. The summed E-state index contributed by atoms with van der Waals surface area (Å²) in [5.74, 6) is 0.729. The van der Waals surface area contributed by atoms with Crippen LogP contribution >= 0.6 is 0 Å². The van der Waals surface area contributed by atoms with E-state index in [-0.39, 0.29) is 6.61 Å². The van der Waals surface area contributed by atoms with Crippen LogP contribution in [0.3, 0.4) is 0 Å². The monoisotopic (exact) mass is 158 g/mol. The SMILES string of the molecule is CC(C)CN(C)CCCC[O]. The van der Waals surface area contributed by atoms with Crippen LogP contribution in [0.15, 0.2) is 0 Å². The van der Waals surface area contributed by atoms with Crippen molar-refractivity contribution in [2.45, 2.75) is 26.7 Å². The molecule has 1 radical (unpaired) electrons. The normalized spacial score (nSPS) is 11.5. The highest BCUT2D eigenvalue weighted by Crippen LogP contribution is 1.97. The van der Waals surface area contributed by atoms with Crippen molar-refractivity contribution in [1.82, 2.24) is 4.90 Å². The average Bonchev–Trinajstić information content (AvgIpc) is 1.86. The van der Waals surface area contributed by atoms with E-state index >= 15 is 0 Å². The zero-order chi connectivity index (χ0) is 8.69. The van der Waals surface area contributed by atoms with Gasteiger partial charge in [-0.3, -0.25) is 0 Å². The summed E-state index contributed by atoms with van der Waals surface area (Å²) in [6, 6.07) is 0. The van der Waals surface area contributed by atoms with E-state index < -0.39 is 0 Å². The number of hydrogen-bond donors (Lipinski definition) is 0. The molecule has 0 saturated carbocycles. The Kier molecular flexibility index (Phi) is 6.57. The van der Waals surface area contributed by atoms with Gasteiger partial charge in [0.2, 0.25) is 0 Å². The lowest BCUT2D eigenvalue weighted by molar-refractivity contribution is 0.179. The molecular weight excluding hydrogens is 138 g/mol. The lowest BCUT2D eigenvalue weighted by atomic mass is 10.2. The maximum atomic E-state index is 10.1. The molecule has 0 aromatic rings. The molecule has 0 aliphatic carbocycles. The van der Waals surface area contributed by atoms with Crippen molar-refractivity contribution in [3.05, 3.63) is 0 Å². The van der Waals surface area contributed by atoms with Crippen LogP contribution in [0.4, 0.5) is 0 Å². The highest BCUT2D eigenvalue weighted by atomic mass is 16.2. The lowest BCUT2D eigenvalue weighted by Crippen LogP contribution is -2.24. The first-order valence-electron chi connectivity index (χ1n) is 4.43. The highest BCUT2D eigenvalue weighted by Gasteiger charge is 2.00. The smallest absolute Gasteiger partial charge is 0.0822 e. The molecule has 0 N–H and O–H groups in total. The topological polar surface area (TPSA) is 23.1 Å². The second-order valence-electron chi connectivity index (χ2n) is 3.57. The predicted molar refractivity (Wildman–Crippen MR) is 47.1 cm³/mol. The Bertz CT molecular complexity index is 83.6.